The number of pyridine rings is 1. The molecule has 0 aliphatic carbocycles. The molecule has 0 saturated heterocycles. The molecule has 104 valence electrons. The Morgan fingerprint density at radius 2 is 2.00 bits per heavy atom. The van der Waals surface area contributed by atoms with E-state index in [4.69, 9.17) is 4.74 Å². The summed E-state index contributed by atoms with van der Waals surface area (Å²) in [6.07, 6.45) is 1.78. The summed E-state index contributed by atoms with van der Waals surface area (Å²) in [5.41, 5.74) is 1.05. The molecule has 0 radical (unpaired) electrons. The fourth-order valence-electron chi connectivity index (χ4n) is 1.73. The quantitative estimate of drug-likeness (QED) is 0.907. The van der Waals surface area contributed by atoms with Gasteiger partial charge in [0.05, 0.1) is 0 Å². The van der Waals surface area contributed by atoms with Gasteiger partial charge in [0.2, 0.25) is 0 Å². The van der Waals surface area contributed by atoms with Crippen LogP contribution in [0.1, 0.15) is 18.9 Å². The number of anilines is 1. The van der Waals surface area contributed by atoms with Gasteiger partial charge in [-0.2, -0.15) is 0 Å². The van der Waals surface area contributed by atoms with Crippen molar-refractivity contribution in [3.05, 3.63) is 54.2 Å². The normalized spacial score (nSPS) is 11.7. The lowest BCUT2D eigenvalue weighted by Crippen LogP contribution is -2.32. The van der Waals surface area contributed by atoms with E-state index in [1.807, 2.05) is 50.2 Å². The highest BCUT2D eigenvalue weighted by molar-refractivity contribution is 5.93. The third-order valence-electron chi connectivity index (χ3n) is 2.85. The van der Waals surface area contributed by atoms with Gasteiger partial charge >= 0.3 is 0 Å². The van der Waals surface area contributed by atoms with Gasteiger partial charge < -0.3 is 10.1 Å². The molecule has 0 unspecified atom stereocenters. The zero-order valence-electron chi connectivity index (χ0n) is 11.7. The van der Waals surface area contributed by atoms with E-state index < -0.39 is 6.10 Å². The second kappa shape index (κ2) is 6.70. The average molecular weight is 270 g/mol. The summed E-state index contributed by atoms with van der Waals surface area (Å²) < 4.78 is 5.68. The Bertz CT molecular complexity index is 552. The molecule has 0 aliphatic rings. The van der Waals surface area contributed by atoms with E-state index in [0.29, 0.717) is 18.0 Å². The Morgan fingerprint density at radius 1 is 1.25 bits per heavy atom. The monoisotopic (exact) mass is 270 g/mol. The maximum absolute atomic E-state index is 12.2. The number of aromatic nitrogens is 1. The van der Waals surface area contributed by atoms with Crippen LogP contribution >= 0.6 is 0 Å². The number of carbonyl (C=O) groups is 1. The van der Waals surface area contributed by atoms with Gasteiger partial charge in [-0.25, -0.2) is 4.98 Å². The second-order valence-corrected chi connectivity index (χ2v) is 4.54. The minimum Gasteiger partial charge on any atom is -0.481 e. The molecule has 1 N–H and O–H groups in total. The molecule has 20 heavy (non-hydrogen) atoms. The van der Waals surface area contributed by atoms with Gasteiger partial charge in [0.25, 0.3) is 5.91 Å². The number of aryl methyl sites for hydroxylation is 1. The topological polar surface area (TPSA) is 51.2 Å². The van der Waals surface area contributed by atoms with Gasteiger partial charge in [-0.1, -0.05) is 31.2 Å². The molecule has 1 aromatic carbocycles. The summed E-state index contributed by atoms with van der Waals surface area (Å²) in [5.74, 6) is 1.04. The predicted octanol–water partition coefficient (Wildman–Crippen LogP) is 3.19. The highest BCUT2D eigenvalue weighted by atomic mass is 16.5. The summed E-state index contributed by atoms with van der Waals surface area (Å²) in [7, 11) is 0. The number of amides is 1. The van der Waals surface area contributed by atoms with Gasteiger partial charge in [-0.05, 0) is 37.1 Å². The highest BCUT2D eigenvalue weighted by Crippen LogP contribution is 2.14. The lowest BCUT2D eigenvalue weighted by atomic mass is 10.2. The Balaban J connectivity index is 2.00. The van der Waals surface area contributed by atoms with Crippen LogP contribution in [-0.4, -0.2) is 17.0 Å². The van der Waals surface area contributed by atoms with Crippen LogP contribution in [0.4, 0.5) is 5.82 Å². The zero-order valence-corrected chi connectivity index (χ0v) is 11.7. The van der Waals surface area contributed by atoms with Crippen LogP contribution in [-0.2, 0) is 4.79 Å². The minimum absolute atomic E-state index is 0.187. The Morgan fingerprint density at radius 3 is 2.60 bits per heavy atom. The van der Waals surface area contributed by atoms with Crippen molar-refractivity contribution in [1.29, 1.82) is 0 Å². The lowest BCUT2D eigenvalue weighted by Gasteiger charge is -2.16. The van der Waals surface area contributed by atoms with E-state index >= 15 is 0 Å². The summed E-state index contributed by atoms with van der Waals surface area (Å²) in [4.78, 5) is 16.3. The Kier molecular flexibility index (Phi) is 4.71. The van der Waals surface area contributed by atoms with Gasteiger partial charge in [0.15, 0.2) is 6.10 Å². The van der Waals surface area contributed by atoms with Crippen molar-refractivity contribution in [2.45, 2.75) is 26.4 Å². The van der Waals surface area contributed by atoms with Gasteiger partial charge in [-0.15, -0.1) is 0 Å². The van der Waals surface area contributed by atoms with Crippen LogP contribution in [0.25, 0.3) is 0 Å². The van der Waals surface area contributed by atoms with E-state index in [0.717, 1.165) is 5.56 Å². The van der Waals surface area contributed by atoms with Crippen LogP contribution < -0.4 is 10.1 Å². The van der Waals surface area contributed by atoms with Crippen molar-refractivity contribution in [3.8, 4) is 5.75 Å². The standard InChI is InChI=1S/C16H18N2O2/c1-3-14(20-13-7-5-4-6-8-13)16(19)18-15-10-9-12(2)11-17-15/h4-11,14H,3H2,1-2H3,(H,17,18,19)/t14-/m1/s1. The molecular formula is C16H18N2O2. The Hall–Kier alpha value is -2.36. The highest BCUT2D eigenvalue weighted by Gasteiger charge is 2.18. The first-order valence-corrected chi connectivity index (χ1v) is 6.64. The first kappa shape index (κ1) is 14.1. The molecule has 2 rings (SSSR count). The van der Waals surface area contributed by atoms with Crippen molar-refractivity contribution in [1.82, 2.24) is 4.98 Å². The van der Waals surface area contributed by atoms with Crippen molar-refractivity contribution in [2.24, 2.45) is 0 Å². The predicted molar refractivity (Wildman–Crippen MR) is 78.8 cm³/mol. The number of nitrogens with zero attached hydrogens (tertiary/aromatic N) is 1. The smallest absolute Gasteiger partial charge is 0.266 e. The summed E-state index contributed by atoms with van der Waals surface area (Å²) in [6, 6.07) is 13.0. The van der Waals surface area contributed by atoms with Crippen molar-refractivity contribution < 1.29 is 9.53 Å². The van der Waals surface area contributed by atoms with Crippen molar-refractivity contribution in [2.75, 3.05) is 5.32 Å². The zero-order chi connectivity index (χ0) is 14.4. The first-order valence-electron chi connectivity index (χ1n) is 6.64. The van der Waals surface area contributed by atoms with Crippen LogP contribution in [0.2, 0.25) is 0 Å². The number of hydrogen-bond donors (Lipinski definition) is 1. The lowest BCUT2D eigenvalue weighted by molar-refractivity contribution is -0.122. The molecule has 0 spiro atoms. The molecule has 1 amide bonds. The van der Waals surface area contributed by atoms with Crippen molar-refractivity contribution in [3.63, 3.8) is 0 Å². The van der Waals surface area contributed by atoms with E-state index in [-0.39, 0.29) is 5.91 Å². The number of nitrogens with one attached hydrogen (secondary N) is 1. The number of hydrogen-bond acceptors (Lipinski definition) is 3. The maximum Gasteiger partial charge on any atom is 0.266 e. The van der Waals surface area contributed by atoms with Crippen LogP contribution in [0.3, 0.4) is 0 Å². The van der Waals surface area contributed by atoms with E-state index in [9.17, 15) is 4.79 Å². The fraction of sp³-hybridized carbons (Fsp3) is 0.250. The summed E-state index contributed by atoms with van der Waals surface area (Å²) in [6.45, 7) is 3.86. The third kappa shape index (κ3) is 3.82. The fourth-order valence-corrected chi connectivity index (χ4v) is 1.73. The number of ether oxygens (including phenoxy) is 1. The molecule has 0 saturated carbocycles. The number of benzene rings is 1. The molecule has 0 bridgehead atoms. The average Bonchev–Trinajstić information content (AvgIpc) is 2.48. The molecule has 4 heteroatoms. The second-order valence-electron chi connectivity index (χ2n) is 4.54. The van der Waals surface area contributed by atoms with E-state index in [1.165, 1.54) is 0 Å². The van der Waals surface area contributed by atoms with Gasteiger partial charge in [-0.3, -0.25) is 4.79 Å². The van der Waals surface area contributed by atoms with Crippen molar-refractivity contribution >= 4 is 11.7 Å². The molecule has 2 aromatic rings. The number of rotatable bonds is 5. The largest absolute Gasteiger partial charge is 0.481 e. The van der Waals surface area contributed by atoms with E-state index in [1.54, 1.807) is 12.3 Å². The van der Waals surface area contributed by atoms with Gasteiger partial charge in [0, 0.05) is 6.20 Å². The molecular weight excluding hydrogens is 252 g/mol. The molecule has 4 nitrogen and oxygen atoms in total. The van der Waals surface area contributed by atoms with Crippen LogP contribution in [0.5, 0.6) is 5.75 Å². The minimum atomic E-state index is -0.527. The van der Waals surface area contributed by atoms with E-state index in [2.05, 4.69) is 10.3 Å². The van der Waals surface area contributed by atoms with Crippen LogP contribution in [0, 0.1) is 6.92 Å². The Labute approximate surface area is 118 Å². The van der Waals surface area contributed by atoms with Gasteiger partial charge in [0.1, 0.15) is 11.6 Å². The third-order valence-corrected chi connectivity index (χ3v) is 2.85. The molecule has 0 aliphatic heterocycles. The number of carbonyl (C=O) groups excluding carboxylic acids is 1. The van der Waals surface area contributed by atoms with Crippen LogP contribution in [0.15, 0.2) is 48.7 Å². The first-order chi connectivity index (χ1) is 9.69. The molecule has 1 atom stereocenters. The maximum atomic E-state index is 12.2. The molecule has 0 fully saturated rings. The SMILES string of the molecule is CC[C@@H](Oc1ccccc1)C(=O)Nc1ccc(C)cn1. The summed E-state index contributed by atoms with van der Waals surface area (Å²) in [5, 5.41) is 2.77. The molecule has 1 heterocycles. The molecule has 1 aromatic heterocycles. The summed E-state index contributed by atoms with van der Waals surface area (Å²) >= 11 is 0. The number of para-hydroxylation sites is 1.